The molecule has 0 aliphatic rings. The Morgan fingerprint density at radius 2 is 2.11 bits per heavy atom. The molecule has 0 amide bonds. The molecule has 0 atom stereocenters. The maximum absolute atomic E-state index is 10.3. The van der Waals surface area contributed by atoms with E-state index in [1.54, 1.807) is 13.8 Å². The van der Waals surface area contributed by atoms with Crippen molar-refractivity contribution >= 4 is 23.0 Å². The van der Waals surface area contributed by atoms with Gasteiger partial charge in [-0.2, -0.15) is 0 Å². The van der Waals surface area contributed by atoms with Crippen molar-refractivity contribution in [1.82, 2.24) is 5.32 Å². The maximum Gasteiger partial charge on any atom is 0.131 e. The SMILES string of the molecule is CC(=O)CCNC(C)=S. The highest BCUT2D eigenvalue weighted by molar-refractivity contribution is 7.80. The van der Waals surface area contributed by atoms with Crippen LogP contribution in [0.5, 0.6) is 0 Å². The van der Waals surface area contributed by atoms with Crippen LogP contribution in [0, 0.1) is 0 Å². The lowest BCUT2D eigenvalue weighted by Gasteiger charge is -1.98. The number of Topliss-reactive ketones (excluding diaryl/α,β-unsaturated/α-hetero) is 1. The molecule has 0 rings (SSSR count). The predicted molar refractivity (Wildman–Crippen MR) is 41.6 cm³/mol. The van der Waals surface area contributed by atoms with Crippen molar-refractivity contribution in [3.8, 4) is 0 Å². The molecule has 0 heterocycles. The molecule has 2 nitrogen and oxygen atoms in total. The Hall–Kier alpha value is -0.440. The minimum absolute atomic E-state index is 0.193. The van der Waals surface area contributed by atoms with Crippen LogP contribution in [-0.4, -0.2) is 17.3 Å². The molecule has 0 unspecified atom stereocenters. The van der Waals surface area contributed by atoms with Gasteiger partial charge >= 0.3 is 0 Å². The Kier molecular flexibility index (Phi) is 4.22. The molecule has 0 aliphatic carbocycles. The maximum atomic E-state index is 10.3. The fourth-order valence-corrected chi connectivity index (χ4v) is 0.517. The van der Waals surface area contributed by atoms with E-state index in [-0.39, 0.29) is 5.78 Å². The molecular weight excluding hydrogens is 134 g/mol. The van der Waals surface area contributed by atoms with Gasteiger partial charge in [0.1, 0.15) is 5.78 Å². The third-order valence-electron chi connectivity index (χ3n) is 0.851. The average Bonchev–Trinajstić information content (AvgIpc) is 1.63. The van der Waals surface area contributed by atoms with Gasteiger partial charge in [0, 0.05) is 13.0 Å². The third-order valence-corrected chi connectivity index (χ3v) is 0.995. The lowest BCUT2D eigenvalue weighted by molar-refractivity contribution is -0.116. The van der Waals surface area contributed by atoms with Crippen molar-refractivity contribution in [3.63, 3.8) is 0 Å². The van der Waals surface area contributed by atoms with Gasteiger partial charge in [0.15, 0.2) is 0 Å². The summed E-state index contributed by atoms with van der Waals surface area (Å²) >= 11 is 4.73. The highest BCUT2D eigenvalue weighted by atomic mass is 32.1. The first kappa shape index (κ1) is 8.56. The van der Waals surface area contributed by atoms with Gasteiger partial charge in [0.05, 0.1) is 4.99 Å². The van der Waals surface area contributed by atoms with Crippen LogP contribution in [0.2, 0.25) is 0 Å². The zero-order valence-electron chi connectivity index (χ0n) is 5.73. The van der Waals surface area contributed by atoms with Gasteiger partial charge in [0.2, 0.25) is 0 Å². The second-order valence-corrected chi connectivity index (χ2v) is 2.55. The summed E-state index contributed by atoms with van der Waals surface area (Å²) in [7, 11) is 0. The van der Waals surface area contributed by atoms with E-state index >= 15 is 0 Å². The van der Waals surface area contributed by atoms with E-state index in [1.165, 1.54) is 0 Å². The van der Waals surface area contributed by atoms with E-state index in [1.807, 2.05) is 0 Å². The second kappa shape index (κ2) is 4.44. The molecule has 0 saturated carbocycles. The summed E-state index contributed by atoms with van der Waals surface area (Å²) in [6.07, 6.45) is 0.563. The number of carbonyl (C=O) groups is 1. The van der Waals surface area contributed by atoms with Crippen LogP contribution in [0.3, 0.4) is 0 Å². The summed E-state index contributed by atoms with van der Waals surface area (Å²) in [5, 5.41) is 2.89. The summed E-state index contributed by atoms with van der Waals surface area (Å²) in [5.74, 6) is 0.193. The molecule has 9 heavy (non-hydrogen) atoms. The molecule has 0 radical (unpaired) electrons. The van der Waals surface area contributed by atoms with Gasteiger partial charge < -0.3 is 5.32 Å². The van der Waals surface area contributed by atoms with Crippen molar-refractivity contribution < 1.29 is 4.79 Å². The fraction of sp³-hybridized carbons (Fsp3) is 0.667. The van der Waals surface area contributed by atoms with Gasteiger partial charge in [-0.15, -0.1) is 0 Å². The summed E-state index contributed by atoms with van der Waals surface area (Å²) in [6, 6.07) is 0. The quantitative estimate of drug-likeness (QED) is 0.598. The molecular formula is C6H11NOS. The van der Waals surface area contributed by atoms with Gasteiger partial charge in [-0.05, 0) is 13.8 Å². The molecule has 0 aromatic carbocycles. The van der Waals surface area contributed by atoms with E-state index < -0.39 is 0 Å². The number of hydrogen-bond acceptors (Lipinski definition) is 2. The molecule has 52 valence electrons. The minimum Gasteiger partial charge on any atom is -0.379 e. The fourth-order valence-electron chi connectivity index (χ4n) is 0.415. The molecule has 0 fully saturated rings. The van der Waals surface area contributed by atoms with Crippen molar-refractivity contribution in [2.24, 2.45) is 0 Å². The van der Waals surface area contributed by atoms with Gasteiger partial charge in [-0.25, -0.2) is 0 Å². The van der Waals surface area contributed by atoms with Crippen LogP contribution in [0.25, 0.3) is 0 Å². The van der Waals surface area contributed by atoms with Crippen LogP contribution in [0.4, 0.5) is 0 Å². The summed E-state index contributed by atoms with van der Waals surface area (Å²) in [5.41, 5.74) is 0. The van der Waals surface area contributed by atoms with Crippen molar-refractivity contribution in [3.05, 3.63) is 0 Å². The topological polar surface area (TPSA) is 29.1 Å². The first-order chi connectivity index (χ1) is 4.13. The smallest absolute Gasteiger partial charge is 0.131 e. The van der Waals surface area contributed by atoms with Crippen molar-refractivity contribution in [2.75, 3.05) is 6.54 Å². The Morgan fingerprint density at radius 1 is 1.56 bits per heavy atom. The zero-order chi connectivity index (χ0) is 7.28. The minimum atomic E-state index is 0.193. The van der Waals surface area contributed by atoms with Gasteiger partial charge in [0.25, 0.3) is 0 Å². The van der Waals surface area contributed by atoms with Crippen molar-refractivity contribution in [2.45, 2.75) is 20.3 Å². The number of rotatable bonds is 3. The lowest BCUT2D eigenvalue weighted by Crippen LogP contribution is -2.20. The molecule has 0 aromatic heterocycles. The lowest BCUT2D eigenvalue weighted by atomic mass is 10.3. The monoisotopic (exact) mass is 145 g/mol. The third kappa shape index (κ3) is 7.56. The molecule has 3 heteroatoms. The van der Waals surface area contributed by atoms with Crippen molar-refractivity contribution in [1.29, 1.82) is 0 Å². The normalized spacial score (nSPS) is 8.67. The van der Waals surface area contributed by atoms with Crippen LogP contribution in [0.1, 0.15) is 20.3 Å². The molecule has 0 saturated heterocycles. The summed E-state index contributed by atoms with van der Waals surface area (Å²) in [4.78, 5) is 11.1. The van der Waals surface area contributed by atoms with Crippen LogP contribution < -0.4 is 5.32 Å². The predicted octanol–water partition coefficient (Wildman–Crippen LogP) is 0.902. The highest BCUT2D eigenvalue weighted by Gasteiger charge is 1.90. The summed E-state index contributed by atoms with van der Waals surface area (Å²) in [6.45, 7) is 4.04. The van der Waals surface area contributed by atoms with E-state index in [0.29, 0.717) is 13.0 Å². The van der Waals surface area contributed by atoms with E-state index in [4.69, 9.17) is 12.2 Å². The van der Waals surface area contributed by atoms with E-state index in [9.17, 15) is 4.79 Å². The van der Waals surface area contributed by atoms with Crippen LogP contribution in [0.15, 0.2) is 0 Å². The van der Waals surface area contributed by atoms with Gasteiger partial charge in [-0.1, -0.05) is 12.2 Å². The highest BCUT2D eigenvalue weighted by Crippen LogP contribution is 1.77. The van der Waals surface area contributed by atoms with Crippen LogP contribution in [-0.2, 0) is 4.79 Å². The Bertz CT molecular complexity index is 108. The van der Waals surface area contributed by atoms with Crippen LogP contribution >= 0.6 is 12.2 Å². The molecule has 1 N–H and O–H groups in total. The van der Waals surface area contributed by atoms with E-state index in [0.717, 1.165) is 4.99 Å². The molecule has 0 bridgehead atoms. The summed E-state index contributed by atoms with van der Waals surface area (Å²) < 4.78 is 0. The van der Waals surface area contributed by atoms with E-state index in [2.05, 4.69) is 5.32 Å². The number of ketones is 1. The standard InChI is InChI=1S/C6H11NOS/c1-5(8)3-4-7-6(2)9/h3-4H2,1-2H3,(H,7,9). The number of carbonyl (C=O) groups excluding carboxylic acids is 1. The number of thiocarbonyl (C=S) groups is 1. The zero-order valence-corrected chi connectivity index (χ0v) is 6.55. The Labute approximate surface area is 60.6 Å². The number of nitrogens with one attached hydrogen (secondary N) is 1. The Balaban J connectivity index is 3.10. The molecule has 0 aromatic rings. The Morgan fingerprint density at radius 3 is 2.44 bits per heavy atom. The molecule has 0 aliphatic heterocycles. The first-order valence-electron chi connectivity index (χ1n) is 2.87. The van der Waals surface area contributed by atoms with Gasteiger partial charge in [-0.3, -0.25) is 4.79 Å². The average molecular weight is 145 g/mol. The first-order valence-corrected chi connectivity index (χ1v) is 3.27. The second-order valence-electron chi connectivity index (χ2n) is 1.93. The number of hydrogen-bond donors (Lipinski definition) is 1. The largest absolute Gasteiger partial charge is 0.379 e. The molecule has 0 spiro atoms.